The lowest BCUT2D eigenvalue weighted by Gasteiger charge is -2.32. The van der Waals surface area contributed by atoms with Crippen LogP contribution >= 0.6 is 0 Å². The molecule has 0 aliphatic carbocycles. The van der Waals surface area contributed by atoms with Crippen LogP contribution in [0.4, 0.5) is 0 Å². The van der Waals surface area contributed by atoms with Crippen LogP contribution in [0.3, 0.4) is 0 Å². The molecule has 1 aliphatic heterocycles. The maximum Gasteiger partial charge on any atom is 0.292 e. The van der Waals surface area contributed by atoms with Gasteiger partial charge >= 0.3 is 0 Å². The van der Waals surface area contributed by atoms with Gasteiger partial charge in [-0.3, -0.25) is 4.79 Å². The molecule has 1 fully saturated rings. The summed E-state index contributed by atoms with van der Waals surface area (Å²) in [6.07, 6.45) is 0.964. The molecule has 0 atom stereocenters. The van der Waals surface area contributed by atoms with E-state index in [1.54, 1.807) is 11.0 Å². The van der Waals surface area contributed by atoms with Crippen LogP contribution in [-0.2, 0) is 0 Å². The van der Waals surface area contributed by atoms with Crippen LogP contribution in [0.2, 0.25) is 0 Å². The Hall–Kier alpha value is -2.18. The second kappa shape index (κ2) is 8.27. The molecule has 1 aromatic heterocycles. The second-order valence-electron chi connectivity index (χ2n) is 6.67. The Kier molecular flexibility index (Phi) is 5.83. The lowest BCUT2D eigenvalue weighted by atomic mass is 10.1. The number of aromatic nitrogens is 1. The molecule has 25 heavy (non-hydrogen) atoms. The molecule has 1 saturated heterocycles. The summed E-state index contributed by atoms with van der Waals surface area (Å²) in [5.74, 6) is 0.175. The highest BCUT2D eigenvalue weighted by molar-refractivity contribution is 5.92. The van der Waals surface area contributed by atoms with Crippen LogP contribution in [0.15, 0.2) is 40.9 Å². The van der Waals surface area contributed by atoms with Gasteiger partial charge in [-0.1, -0.05) is 35.5 Å². The first-order valence-corrected chi connectivity index (χ1v) is 8.82. The fraction of sp³-hybridized carbons (Fsp3) is 0.474. The summed E-state index contributed by atoms with van der Waals surface area (Å²) in [5, 5.41) is 4.02. The third kappa shape index (κ3) is 4.67. The summed E-state index contributed by atoms with van der Waals surface area (Å²) in [6.45, 7) is 6.20. The number of hydrogen-bond acceptors (Lipinski definition) is 5. The van der Waals surface area contributed by atoms with Crippen LogP contribution in [-0.4, -0.2) is 79.1 Å². The minimum atomic E-state index is -0.118. The summed E-state index contributed by atoms with van der Waals surface area (Å²) in [4.78, 5) is 19.0. The normalized spacial score (nSPS) is 16.1. The molecule has 0 radical (unpaired) electrons. The average molecular weight is 342 g/mol. The monoisotopic (exact) mass is 342 g/mol. The van der Waals surface area contributed by atoms with Crippen molar-refractivity contribution in [2.45, 2.75) is 6.42 Å². The Morgan fingerprint density at radius 3 is 2.64 bits per heavy atom. The van der Waals surface area contributed by atoms with Gasteiger partial charge in [-0.05, 0) is 20.0 Å². The van der Waals surface area contributed by atoms with E-state index in [9.17, 15) is 4.79 Å². The summed E-state index contributed by atoms with van der Waals surface area (Å²) in [7, 11) is 3.97. The number of benzene rings is 1. The maximum atomic E-state index is 12.5. The van der Waals surface area contributed by atoms with Gasteiger partial charge in [-0.15, -0.1) is 0 Å². The van der Waals surface area contributed by atoms with Crippen LogP contribution in [0.1, 0.15) is 17.0 Å². The third-order valence-electron chi connectivity index (χ3n) is 4.70. The van der Waals surface area contributed by atoms with Gasteiger partial charge in [0.25, 0.3) is 5.91 Å². The summed E-state index contributed by atoms with van der Waals surface area (Å²) in [6, 6.07) is 11.4. The first-order chi connectivity index (χ1) is 12.1. The molecule has 0 saturated carbocycles. The van der Waals surface area contributed by atoms with Gasteiger partial charge in [0, 0.05) is 51.4 Å². The van der Waals surface area contributed by atoms with Crippen molar-refractivity contribution in [3.63, 3.8) is 0 Å². The molecule has 3 rings (SSSR count). The number of likely N-dealkylation sites (N-methyl/N-ethyl adjacent to an activating group) is 1. The van der Waals surface area contributed by atoms with E-state index in [0.717, 1.165) is 44.7 Å². The molecule has 0 N–H and O–H groups in total. The zero-order valence-electron chi connectivity index (χ0n) is 15.0. The van der Waals surface area contributed by atoms with Crippen molar-refractivity contribution in [1.82, 2.24) is 19.9 Å². The summed E-state index contributed by atoms with van der Waals surface area (Å²) >= 11 is 0. The Bertz CT molecular complexity index is 678. The SMILES string of the molecule is CN1CCN(CCCN(C)C(=O)c2cc(-c3ccccc3)no2)CC1. The van der Waals surface area contributed by atoms with E-state index in [1.165, 1.54) is 0 Å². The van der Waals surface area contributed by atoms with Crippen molar-refractivity contribution in [3.8, 4) is 11.3 Å². The number of piperazine rings is 1. The van der Waals surface area contributed by atoms with E-state index in [2.05, 4.69) is 22.0 Å². The van der Waals surface area contributed by atoms with E-state index in [4.69, 9.17) is 4.52 Å². The highest BCUT2D eigenvalue weighted by Crippen LogP contribution is 2.19. The first kappa shape index (κ1) is 17.6. The Labute approximate surface area is 149 Å². The Balaban J connectivity index is 1.48. The van der Waals surface area contributed by atoms with Crippen LogP contribution in [0.5, 0.6) is 0 Å². The molecule has 6 heteroatoms. The molecule has 0 unspecified atom stereocenters. The van der Waals surface area contributed by atoms with E-state index in [-0.39, 0.29) is 5.91 Å². The van der Waals surface area contributed by atoms with Crippen molar-refractivity contribution < 1.29 is 9.32 Å². The third-order valence-corrected chi connectivity index (χ3v) is 4.70. The first-order valence-electron chi connectivity index (χ1n) is 8.82. The lowest BCUT2D eigenvalue weighted by molar-refractivity contribution is 0.0742. The Morgan fingerprint density at radius 2 is 1.92 bits per heavy atom. The number of carbonyl (C=O) groups excluding carboxylic acids is 1. The fourth-order valence-corrected chi connectivity index (χ4v) is 3.01. The molecule has 1 aliphatic rings. The molecule has 1 amide bonds. The standard InChI is InChI=1S/C19H26N4O2/c1-21-11-13-23(14-12-21)10-6-9-22(2)19(24)18-15-17(20-25-18)16-7-4-3-5-8-16/h3-5,7-8,15H,6,9-14H2,1-2H3. The van der Waals surface area contributed by atoms with Crippen molar-refractivity contribution in [3.05, 3.63) is 42.2 Å². The van der Waals surface area contributed by atoms with Crippen molar-refractivity contribution >= 4 is 5.91 Å². The van der Waals surface area contributed by atoms with Gasteiger partial charge in [0.05, 0.1) is 0 Å². The predicted molar refractivity (Wildman–Crippen MR) is 97.5 cm³/mol. The number of hydrogen-bond donors (Lipinski definition) is 0. The van der Waals surface area contributed by atoms with Gasteiger partial charge in [-0.2, -0.15) is 0 Å². The minimum Gasteiger partial charge on any atom is -0.350 e. The predicted octanol–water partition coefficient (Wildman–Crippen LogP) is 2.05. The smallest absolute Gasteiger partial charge is 0.292 e. The molecule has 0 spiro atoms. The van der Waals surface area contributed by atoms with Crippen molar-refractivity contribution in [2.75, 3.05) is 53.4 Å². The van der Waals surface area contributed by atoms with Gasteiger partial charge in [0.15, 0.2) is 0 Å². The fourth-order valence-electron chi connectivity index (χ4n) is 3.01. The molecular weight excluding hydrogens is 316 g/mol. The van der Waals surface area contributed by atoms with E-state index >= 15 is 0 Å². The Morgan fingerprint density at radius 1 is 1.20 bits per heavy atom. The highest BCUT2D eigenvalue weighted by atomic mass is 16.5. The second-order valence-corrected chi connectivity index (χ2v) is 6.67. The van der Waals surface area contributed by atoms with Gasteiger partial charge in [0.1, 0.15) is 5.69 Å². The van der Waals surface area contributed by atoms with E-state index in [0.29, 0.717) is 18.0 Å². The minimum absolute atomic E-state index is 0.118. The van der Waals surface area contributed by atoms with Crippen molar-refractivity contribution in [1.29, 1.82) is 0 Å². The van der Waals surface area contributed by atoms with E-state index < -0.39 is 0 Å². The van der Waals surface area contributed by atoms with Crippen LogP contribution < -0.4 is 0 Å². The summed E-state index contributed by atoms with van der Waals surface area (Å²) in [5.41, 5.74) is 1.64. The largest absolute Gasteiger partial charge is 0.350 e. The molecular formula is C19H26N4O2. The number of amides is 1. The molecule has 134 valence electrons. The quantitative estimate of drug-likeness (QED) is 0.804. The zero-order valence-corrected chi connectivity index (χ0v) is 15.0. The van der Waals surface area contributed by atoms with Gasteiger partial charge in [0.2, 0.25) is 5.76 Å². The molecule has 2 heterocycles. The molecule has 0 bridgehead atoms. The number of rotatable bonds is 6. The van der Waals surface area contributed by atoms with Crippen LogP contribution in [0.25, 0.3) is 11.3 Å². The van der Waals surface area contributed by atoms with E-state index in [1.807, 2.05) is 37.4 Å². The molecule has 2 aromatic rings. The zero-order chi connectivity index (χ0) is 17.6. The lowest BCUT2D eigenvalue weighted by Crippen LogP contribution is -2.45. The average Bonchev–Trinajstić information content (AvgIpc) is 3.13. The van der Waals surface area contributed by atoms with Crippen LogP contribution in [0, 0.1) is 0 Å². The van der Waals surface area contributed by atoms with Gasteiger partial charge < -0.3 is 19.2 Å². The van der Waals surface area contributed by atoms with Crippen molar-refractivity contribution in [2.24, 2.45) is 0 Å². The topological polar surface area (TPSA) is 52.8 Å². The van der Waals surface area contributed by atoms with Gasteiger partial charge in [-0.25, -0.2) is 0 Å². The molecule has 6 nitrogen and oxygen atoms in total. The maximum absolute atomic E-state index is 12.5. The number of carbonyl (C=O) groups is 1. The summed E-state index contributed by atoms with van der Waals surface area (Å²) < 4.78 is 5.25. The molecule has 1 aromatic carbocycles. The highest BCUT2D eigenvalue weighted by Gasteiger charge is 2.19. The number of nitrogens with zero attached hydrogens (tertiary/aromatic N) is 4.